The first kappa shape index (κ1) is 40.8. The molecule has 0 atom stereocenters. The Balaban J connectivity index is 0.917. The molecule has 0 amide bonds. The predicted octanol–water partition coefficient (Wildman–Crippen LogP) is 17.1. The number of pyridine rings is 3. The van der Waals surface area contributed by atoms with E-state index in [0.29, 0.717) is 17.5 Å². The highest BCUT2D eigenvalue weighted by molar-refractivity contribution is 5.83. The fourth-order valence-electron chi connectivity index (χ4n) is 7.42. The Bertz CT molecular complexity index is 2900. The molecular weight excluding hydrogens is 811 g/mol. The van der Waals surface area contributed by atoms with E-state index in [1.54, 1.807) is 18.6 Å². The maximum absolute atomic E-state index is 4.35. The lowest BCUT2D eigenvalue weighted by atomic mass is 9.91. The van der Waals surface area contributed by atoms with Crippen LogP contribution in [0.5, 0.6) is 0 Å². The van der Waals surface area contributed by atoms with E-state index < -0.39 is 0 Å². The van der Waals surface area contributed by atoms with Crippen LogP contribution in [0.3, 0.4) is 0 Å². The Kier molecular flexibility index (Phi) is 12.0. The molecule has 7 aromatic carbocycles. The van der Waals surface area contributed by atoms with Gasteiger partial charge in [-0.05, 0) is 158 Å². The third-order valence-electron chi connectivity index (χ3n) is 10.9. The van der Waals surface area contributed by atoms with Crippen LogP contribution in [0.2, 0.25) is 0 Å². The average molecular weight is 850 g/mol. The van der Waals surface area contributed by atoms with Crippen molar-refractivity contribution in [3.8, 4) is 66.8 Å². The molecule has 0 spiro atoms. The van der Waals surface area contributed by atoms with Gasteiger partial charge < -0.3 is 0 Å². The summed E-state index contributed by atoms with van der Waals surface area (Å²) in [6, 6.07) is 74.0. The van der Waals surface area contributed by atoms with Crippen LogP contribution in [0, 0.1) is 0 Å². The van der Waals surface area contributed by atoms with Crippen molar-refractivity contribution in [1.82, 2.24) is 15.0 Å². The van der Waals surface area contributed by atoms with Gasteiger partial charge in [0.25, 0.3) is 0 Å². The number of aromatic nitrogens is 3. The summed E-state index contributed by atoms with van der Waals surface area (Å²) >= 11 is 0. The highest BCUT2D eigenvalue weighted by atomic mass is 15.2. The standard InChI is InChI=1S/C57H39N9/c1-4-34-58-55(7-1)64-61-52-28-22-43(23-29-52)40-10-16-46(17-11-40)49-37-50(47-18-12-41(13-19-47)44-24-30-53(31-25-44)62-65-56-8-2-5-35-59-56)39-51(38-49)48-20-14-42(15-21-48)45-26-32-54(33-27-45)63-66-57-9-3-6-36-60-57/h1-39H. The molecule has 66 heavy (non-hydrogen) atoms. The summed E-state index contributed by atoms with van der Waals surface area (Å²) in [5, 5.41) is 25.8. The molecule has 3 heterocycles. The monoisotopic (exact) mass is 849 g/mol. The fourth-order valence-corrected chi connectivity index (χ4v) is 7.42. The Hall–Kier alpha value is -9.21. The van der Waals surface area contributed by atoms with E-state index >= 15 is 0 Å². The van der Waals surface area contributed by atoms with Crippen molar-refractivity contribution in [2.45, 2.75) is 0 Å². The van der Waals surface area contributed by atoms with Gasteiger partial charge in [0, 0.05) is 18.6 Å². The minimum absolute atomic E-state index is 0.575. The highest BCUT2D eigenvalue weighted by Crippen LogP contribution is 2.36. The Morgan fingerprint density at radius 3 is 0.621 bits per heavy atom. The molecule has 9 nitrogen and oxygen atoms in total. The summed E-state index contributed by atoms with van der Waals surface area (Å²) in [7, 11) is 0. The zero-order valence-electron chi connectivity index (χ0n) is 35.5. The summed E-state index contributed by atoms with van der Waals surface area (Å²) in [6.45, 7) is 0. The van der Waals surface area contributed by atoms with Crippen molar-refractivity contribution < 1.29 is 0 Å². The fraction of sp³-hybridized carbons (Fsp3) is 0. The molecule has 0 aliphatic carbocycles. The van der Waals surface area contributed by atoms with Gasteiger partial charge in [0.1, 0.15) is 0 Å². The van der Waals surface area contributed by atoms with E-state index in [2.05, 4.69) is 173 Å². The zero-order valence-corrected chi connectivity index (χ0v) is 35.5. The van der Waals surface area contributed by atoms with E-state index in [9.17, 15) is 0 Å². The lowest BCUT2D eigenvalue weighted by molar-refractivity contribution is 1.15. The van der Waals surface area contributed by atoms with E-state index in [1.807, 2.05) is 91.0 Å². The molecule has 0 saturated heterocycles. The molecule has 0 radical (unpaired) electrons. The van der Waals surface area contributed by atoms with Crippen LogP contribution in [0.4, 0.5) is 34.5 Å². The number of azo groups is 3. The Labute approximate surface area is 382 Å². The molecule has 10 rings (SSSR count). The molecule has 10 aromatic rings. The van der Waals surface area contributed by atoms with Crippen molar-refractivity contribution in [1.29, 1.82) is 0 Å². The molecular formula is C57H39N9. The van der Waals surface area contributed by atoms with Gasteiger partial charge in [-0.25, -0.2) is 15.0 Å². The summed E-state index contributed by atoms with van der Waals surface area (Å²) in [5.41, 5.74) is 15.7. The number of hydrogen-bond acceptors (Lipinski definition) is 9. The van der Waals surface area contributed by atoms with Crippen LogP contribution in [0.1, 0.15) is 0 Å². The second kappa shape index (κ2) is 19.5. The van der Waals surface area contributed by atoms with Crippen LogP contribution in [0.15, 0.2) is 268 Å². The molecule has 0 N–H and O–H groups in total. The molecule has 0 aliphatic heterocycles. The molecule has 9 heteroatoms. The van der Waals surface area contributed by atoms with Crippen LogP contribution in [-0.2, 0) is 0 Å². The van der Waals surface area contributed by atoms with Crippen LogP contribution < -0.4 is 0 Å². The molecule has 3 aromatic heterocycles. The SMILES string of the molecule is c1ccc(N=Nc2ccc(-c3ccc(-c4cc(-c5ccc(-c6ccc(N=Nc7ccccn7)cc6)cc5)cc(-c5ccc(-c6ccc(N=Nc7ccccn7)cc6)cc5)c4)cc3)cc2)nc1. The third-order valence-corrected chi connectivity index (χ3v) is 10.9. The topological polar surface area (TPSA) is 113 Å². The average Bonchev–Trinajstić information content (AvgIpc) is 3.40. The van der Waals surface area contributed by atoms with Gasteiger partial charge in [-0.1, -0.05) is 127 Å². The molecule has 0 bridgehead atoms. The Morgan fingerprint density at radius 2 is 0.409 bits per heavy atom. The number of benzene rings is 7. The van der Waals surface area contributed by atoms with Crippen molar-refractivity contribution in [2.24, 2.45) is 30.7 Å². The lowest BCUT2D eigenvalue weighted by Gasteiger charge is -2.13. The van der Waals surface area contributed by atoms with Gasteiger partial charge in [-0.2, -0.15) is 0 Å². The number of rotatable bonds is 12. The van der Waals surface area contributed by atoms with E-state index in [4.69, 9.17) is 0 Å². The molecule has 0 saturated carbocycles. The van der Waals surface area contributed by atoms with Crippen molar-refractivity contribution in [2.75, 3.05) is 0 Å². The van der Waals surface area contributed by atoms with E-state index in [-0.39, 0.29) is 0 Å². The zero-order chi connectivity index (χ0) is 44.3. The Morgan fingerprint density at radius 1 is 0.197 bits per heavy atom. The quantitative estimate of drug-likeness (QED) is 0.114. The summed E-state index contributed by atoms with van der Waals surface area (Å²) < 4.78 is 0. The predicted molar refractivity (Wildman–Crippen MR) is 264 cm³/mol. The first-order chi connectivity index (χ1) is 32.6. The van der Waals surface area contributed by atoms with Crippen LogP contribution >= 0.6 is 0 Å². The summed E-state index contributed by atoms with van der Waals surface area (Å²) in [4.78, 5) is 12.7. The van der Waals surface area contributed by atoms with Gasteiger partial charge in [-0.15, -0.1) is 30.7 Å². The third kappa shape index (κ3) is 10.0. The molecule has 0 aliphatic rings. The molecule has 0 unspecified atom stereocenters. The van der Waals surface area contributed by atoms with Gasteiger partial charge in [0.2, 0.25) is 0 Å². The molecule has 0 fully saturated rings. The summed E-state index contributed by atoms with van der Waals surface area (Å²) in [6.07, 6.45) is 5.12. The van der Waals surface area contributed by atoms with Crippen molar-refractivity contribution in [3.63, 3.8) is 0 Å². The second-order valence-electron chi connectivity index (χ2n) is 15.3. The van der Waals surface area contributed by atoms with Crippen LogP contribution in [0.25, 0.3) is 66.8 Å². The van der Waals surface area contributed by atoms with Gasteiger partial charge in [0.15, 0.2) is 17.5 Å². The van der Waals surface area contributed by atoms with Crippen molar-refractivity contribution in [3.05, 3.63) is 237 Å². The molecule has 312 valence electrons. The van der Waals surface area contributed by atoms with Gasteiger partial charge >= 0.3 is 0 Å². The first-order valence-corrected chi connectivity index (χ1v) is 21.4. The lowest BCUT2D eigenvalue weighted by Crippen LogP contribution is -1.87. The maximum atomic E-state index is 4.35. The van der Waals surface area contributed by atoms with E-state index in [1.165, 1.54) is 0 Å². The normalized spacial score (nSPS) is 11.5. The maximum Gasteiger partial charge on any atom is 0.174 e. The summed E-state index contributed by atoms with van der Waals surface area (Å²) in [5.74, 6) is 1.72. The minimum atomic E-state index is 0.575. The smallest absolute Gasteiger partial charge is 0.174 e. The number of hydrogen-bond donors (Lipinski definition) is 0. The largest absolute Gasteiger partial charge is 0.236 e. The van der Waals surface area contributed by atoms with Gasteiger partial charge in [-0.3, -0.25) is 0 Å². The number of nitrogens with zero attached hydrogens (tertiary/aromatic N) is 9. The first-order valence-electron chi connectivity index (χ1n) is 21.4. The van der Waals surface area contributed by atoms with E-state index in [0.717, 1.165) is 83.8 Å². The minimum Gasteiger partial charge on any atom is -0.236 e. The second-order valence-corrected chi connectivity index (χ2v) is 15.3. The highest BCUT2D eigenvalue weighted by Gasteiger charge is 2.10. The van der Waals surface area contributed by atoms with Crippen LogP contribution in [-0.4, -0.2) is 15.0 Å². The van der Waals surface area contributed by atoms with Crippen molar-refractivity contribution >= 4 is 34.5 Å². The van der Waals surface area contributed by atoms with Gasteiger partial charge in [0.05, 0.1) is 17.1 Å².